The van der Waals surface area contributed by atoms with Crippen LogP contribution in [0.3, 0.4) is 0 Å². The Morgan fingerprint density at radius 3 is 2.69 bits per heavy atom. The minimum atomic E-state index is -0.166. The van der Waals surface area contributed by atoms with Gasteiger partial charge in [-0.3, -0.25) is 19.1 Å². The number of rotatable bonds is 5. The molecular weight excluding hydrogens is 466 g/mol. The number of nitrogens with one attached hydrogen (secondary N) is 2. The second-order valence-corrected chi connectivity index (χ2v) is 9.40. The summed E-state index contributed by atoms with van der Waals surface area (Å²) >= 11 is 6.68. The van der Waals surface area contributed by atoms with Crippen molar-refractivity contribution in [2.75, 3.05) is 57.1 Å². The summed E-state index contributed by atoms with van der Waals surface area (Å²) < 4.78 is 1.57. The topological polar surface area (TPSA) is 89.0 Å². The fourth-order valence-electron chi connectivity index (χ4n) is 4.72. The minimum absolute atomic E-state index is 0.158. The molecule has 1 fully saturated rings. The van der Waals surface area contributed by atoms with Crippen molar-refractivity contribution in [1.29, 1.82) is 0 Å². The predicted molar refractivity (Wildman–Crippen MR) is 140 cm³/mol. The number of nitrogens with zero attached hydrogens (tertiary/aromatic N) is 5. The lowest BCUT2D eigenvalue weighted by molar-refractivity contribution is 0.0963. The first kappa shape index (κ1) is 23.2. The van der Waals surface area contributed by atoms with E-state index in [0.717, 1.165) is 66.2 Å². The van der Waals surface area contributed by atoms with E-state index in [1.165, 1.54) is 0 Å². The molecule has 5 rings (SSSR count). The van der Waals surface area contributed by atoms with Gasteiger partial charge in [0, 0.05) is 71.8 Å². The molecule has 0 radical (unpaired) electrons. The Hall–Kier alpha value is -3.56. The Labute approximate surface area is 207 Å². The Balaban J connectivity index is 1.33. The highest BCUT2D eigenvalue weighted by atomic mass is 35.5. The summed E-state index contributed by atoms with van der Waals surface area (Å²) in [6.07, 6.45) is 3.63. The van der Waals surface area contributed by atoms with Crippen LogP contribution in [0.15, 0.2) is 47.5 Å². The number of benzene rings is 1. The van der Waals surface area contributed by atoms with E-state index in [2.05, 4.69) is 25.1 Å². The molecule has 35 heavy (non-hydrogen) atoms. The van der Waals surface area contributed by atoms with E-state index in [1.807, 2.05) is 49.5 Å². The molecule has 1 aliphatic heterocycles. The molecule has 0 atom stereocenters. The number of anilines is 2. The molecule has 4 heterocycles. The molecule has 1 aromatic carbocycles. The number of fused-ring (bicyclic) bond motifs is 3. The second kappa shape index (κ2) is 9.24. The third kappa shape index (κ3) is 4.33. The third-order valence-electron chi connectivity index (χ3n) is 6.51. The summed E-state index contributed by atoms with van der Waals surface area (Å²) in [6, 6.07) is 9.38. The van der Waals surface area contributed by atoms with Gasteiger partial charge in [-0.25, -0.2) is 4.79 Å². The number of pyridine rings is 1. The van der Waals surface area contributed by atoms with Crippen LogP contribution in [0, 0.1) is 0 Å². The number of piperazine rings is 1. The van der Waals surface area contributed by atoms with Gasteiger partial charge in [-0.15, -0.1) is 0 Å². The first-order valence-electron chi connectivity index (χ1n) is 11.5. The largest absolute Gasteiger partial charge is 0.376 e. The number of H-pyrrole nitrogens is 1. The van der Waals surface area contributed by atoms with Gasteiger partial charge in [0.15, 0.2) is 0 Å². The number of hydrogen-bond acceptors (Lipinski definition) is 6. The molecule has 1 saturated heterocycles. The van der Waals surface area contributed by atoms with Crippen LogP contribution in [-0.4, -0.2) is 72.5 Å². The highest BCUT2D eigenvalue weighted by molar-refractivity contribution is 6.34. The van der Waals surface area contributed by atoms with Gasteiger partial charge in [-0.2, -0.15) is 0 Å². The zero-order valence-corrected chi connectivity index (χ0v) is 20.8. The standard InChI is InChI=1S/C25H28ClN7O2/c1-27-24(34)17-12-18(26)23(21(13-17)30(2)3)32-9-7-31(8-10-32)15-16-11-19-22(28-14-16)20-5-4-6-33(20)25(35)29-19/h4-6,11-14H,7-10,15H2,1-3H3,(H,27,34)(H,29,35). The highest BCUT2D eigenvalue weighted by Crippen LogP contribution is 2.37. The molecule has 2 N–H and O–H groups in total. The van der Waals surface area contributed by atoms with E-state index in [1.54, 1.807) is 23.7 Å². The summed E-state index contributed by atoms with van der Waals surface area (Å²) in [6.45, 7) is 4.07. The van der Waals surface area contributed by atoms with Gasteiger partial charge in [-0.05, 0) is 35.9 Å². The van der Waals surface area contributed by atoms with Crippen molar-refractivity contribution < 1.29 is 4.79 Å². The third-order valence-corrected chi connectivity index (χ3v) is 6.79. The van der Waals surface area contributed by atoms with Crippen LogP contribution in [0.2, 0.25) is 5.02 Å². The molecule has 182 valence electrons. The number of carbonyl (C=O) groups excluding carboxylic acids is 1. The van der Waals surface area contributed by atoms with Crippen molar-refractivity contribution in [2.45, 2.75) is 6.54 Å². The van der Waals surface area contributed by atoms with E-state index in [-0.39, 0.29) is 11.6 Å². The predicted octanol–water partition coefficient (Wildman–Crippen LogP) is 2.58. The number of halogens is 1. The zero-order valence-electron chi connectivity index (χ0n) is 20.0. The van der Waals surface area contributed by atoms with Crippen LogP contribution in [0.25, 0.3) is 16.6 Å². The zero-order chi connectivity index (χ0) is 24.7. The summed E-state index contributed by atoms with van der Waals surface area (Å²) in [5.74, 6) is -0.158. The van der Waals surface area contributed by atoms with Crippen LogP contribution in [-0.2, 0) is 6.54 Å². The first-order valence-corrected chi connectivity index (χ1v) is 11.9. The molecule has 9 nitrogen and oxygen atoms in total. The normalized spacial score (nSPS) is 14.6. The van der Waals surface area contributed by atoms with Crippen LogP contribution in [0.1, 0.15) is 15.9 Å². The van der Waals surface area contributed by atoms with Crippen molar-refractivity contribution in [3.05, 3.63) is 69.4 Å². The number of carbonyl (C=O) groups is 1. The quantitative estimate of drug-likeness (QED) is 0.444. The van der Waals surface area contributed by atoms with Gasteiger partial charge in [0.25, 0.3) is 5.91 Å². The SMILES string of the molecule is CNC(=O)c1cc(Cl)c(N2CCN(Cc3cnc4c(c3)[nH]c(=O)n3cccc43)CC2)c(N(C)C)c1. The maximum absolute atomic E-state index is 12.3. The molecule has 1 amide bonds. The lowest BCUT2D eigenvalue weighted by atomic mass is 10.1. The van der Waals surface area contributed by atoms with Gasteiger partial charge in [0.2, 0.25) is 0 Å². The van der Waals surface area contributed by atoms with Crippen LogP contribution in [0.4, 0.5) is 11.4 Å². The van der Waals surface area contributed by atoms with Crippen molar-refractivity contribution in [2.24, 2.45) is 0 Å². The van der Waals surface area contributed by atoms with Crippen LogP contribution >= 0.6 is 11.6 Å². The van der Waals surface area contributed by atoms with Crippen LogP contribution < -0.4 is 20.8 Å². The molecule has 1 aliphatic rings. The maximum Gasteiger partial charge on any atom is 0.330 e. The summed E-state index contributed by atoms with van der Waals surface area (Å²) in [7, 11) is 5.53. The molecule has 0 unspecified atom stereocenters. The Morgan fingerprint density at radius 2 is 1.97 bits per heavy atom. The molecule has 0 bridgehead atoms. The fourth-order valence-corrected chi connectivity index (χ4v) is 5.06. The lowest BCUT2D eigenvalue weighted by Crippen LogP contribution is -2.46. The minimum Gasteiger partial charge on any atom is -0.376 e. The van der Waals surface area contributed by atoms with E-state index in [0.29, 0.717) is 10.6 Å². The Kier molecular flexibility index (Phi) is 6.12. The van der Waals surface area contributed by atoms with Gasteiger partial charge >= 0.3 is 5.69 Å². The van der Waals surface area contributed by atoms with Crippen molar-refractivity contribution >= 4 is 45.4 Å². The Bertz CT molecular complexity index is 1470. The van der Waals surface area contributed by atoms with Gasteiger partial charge in [0.05, 0.1) is 27.4 Å². The van der Waals surface area contributed by atoms with E-state index < -0.39 is 0 Å². The van der Waals surface area contributed by atoms with Crippen molar-refractivity contribution in [3.63, 3.8) is 0 Å². The Morgan fingerprint density at radius 1 is 1.20 bits per heavy atom. The molecule has 3 aromatic heterocycles. The maximum atomic E-state index is 12.3. The van der Waals surface area contributed by atoms with Gasteiger partial charge < -0.3 is 20.1 Å². The first-order chi connectivity index (χ1) is 16.9. The van der Waals surface area contributed by atoms with Crippen molar-refractivity contribution in [3.8, 4) is 0 Å². The van der Waals surface area contributed by atoms with Gasteiger partial charge in [0.1, 0.15) is 5.52 Å². The fraction of sp³-hybridized carbons (Fsp3) is 0.320. The molecule has 4 aromatic rings. The summed E-state index contributed by atoms with van der Waals surface area (Å²) in [5.41, 5.74) is 5.64. The summed E-state index contributed by atoms with van der Waals surface area (Å²) in [4.78, 5) is 38.7. The van der Waals surface area contributed by atoms with Crippen LogP contribution in [0.5, 0.6) is 0 Å². The lowest BCUT2D eigenvalue weighted by Gasteiger charge is -2.38. The van der Waals surface area contributed by atoms with E-state index in [9.17, 15) is 9.59 Å². The number of hydrogen-bond donors (Lipinski definition) is 2. The molecule has 0 spiro atoms. The average molecular weight is 494 g/mol. The van der Waals surface area contributed by atoms with E-state index >= 15 is 0 Å². The molecule has 0 saturated carbocycles. The number of amides is 1. The molecular formula is C25H28ClN7O2. The monoisotopic (exact) mass is 493 g/mol. The average Bonchev–Trinajstić information content (AvgIpc) is 3.34. The number of aromatic amines is 1. The summed E-state index contributed by atoms with van der Waals surface area (Å²) in [5, 5.41) is 3.23. The molecule has 10 heteroatoms. The molecule has 0 aliphatic carbocycles. The van der Waals surface area contributed by atoms with Gasteiger partial charge in [-0.1, -0.05) is 11.6 Å². The number of aromatic nitrogens is 3. The smallest absolute Gasteiger partial charge is 0.330 e. The highest BCUT2D eigenvalue weighted by Gasteiger charge is 2.24. The van der Waals surface area contributed by atoms with Crippen molar-refractivity contribution in [1.82, 2.24) is 24.6 Å². The second-order valence-electron chi connectivity index (χ2n) is 9.00. The van der Waals surface area contributed by atoms with E-state index in [4.69, 9.17) is 11.6 Å².